The maximum atomic E-state index is 10.7. The molecule has 0 saturated carbocycles. The minimum Gasteiger partial charge on any atom is -0.392 e. The van der Waals surface area contributed by atoms with Crippen LogP contribution in [0.25, 0.3) is 0 Å². The summed E-state index contributed by atoms with van der Waals surface area (Å²) in [6.07, 6.45) is 1.79. The molecule has 1 N–H and O–H groups in total. The van der Waals surface area contributed by atoms with Crippen molar-refractivity contribution in [1.82, 2.24) is 0 Å². The van der Waals surface area contributed by atoms with Crippen molar-refractivity contribution >= 4 is 0 Å². The van der Waals surface area contributed by atoms with E-state index in [2.05, 4.69) is 38.1 Å². The van der Waals surface area contributed by atoms with Gasteiger partial charge < -0.3 is 9.84 Å². The fourth-order valence-corrected chi connectivity index (χ4v) is 2.91. The summed E-state index contributed by atoms with van der Waals surface area (Å²) in [5.41, 5.74) is 1.26. The van der Waals surface area contributed by atoms with Crippen molar-refractivity contribution in [2.75, 3.05) is 13.2 Å². The monoisotopic (exact) mass is 248 g/mol. The van der Waals surface area contributed by atoms with Crippen LogP contribution in [0.2, 0.25) is 0 Å². The molecule has 2 rings (SSSR count). The maximum Gasteiger partial charge on any atom is 0.0662 e. The van der Waals surface area contributed by atoms with Crippen molar-refractivity contribution < 1.29 is 9.84 Å². The third-order valence-electron chi connectivity index (χ3n) is 4.26. The summed E-state index contributed by atoms with van der Waals surface area (Å²) in [6, 6.07) is 10.4. The van der Waals surface area contributed by atoms with E-state index in [-0.39, 0.29) is 12.0 Å². The van der Waals surface area contributed by atoms with Crippen molar-refractivity contribution in [3.05, 3.63) is 35.9 Å². The van der Waals surface area contributed by atoms with Crippen LogP contribution in [0.3, 0.4) is 0 Å². The molecular formula is C16H24O2. The first kappa shape index (κ1) is 13.6. The molecule has 1 aliphatic rings. The summed E-state index contributed by atoms with van der Waals surface area (Å²) in [5.74, 6) is 1.01. The lowest BCUT2D eigenvalue weighted by molar-refractivity contribution is 0.0523. The second kappa shape index (κ2) is 6.35. The lowest BCUT2D eigenvalue weighted by Crippen LogP contribution is -2.31. The summed E-state index contributed by atoms with van der Waals surface area (Å²) >= 11 is 0. The smallest absolute Gasteiger partial charge is 0.0662 e. The summed E-state index contributed by atoms with van der Waals surface area (Å²) in [4.78, 5) is 0. The molecule has 0 spiro atoms. The van der Waals surface area contributed by atoms with E-state index in [0.717, 1.165) is 19.4 Å². The van der Waals surface area contributed by atoms with Gasteiger partial charge in [-0.25, -0.2) is 0 Å². The molecule has 1 aromatic rings. The van der Waals surface area contributed by atoms with Gasteiger partial charge in [0.05, 0.1) is 12.7 Å². The van der Waals surface area contributed by atoms with Crippen molar-refractivity contribution in [3.8, 4) is 0 Å². The van der Waals surface area contributed by atoms with E-state index in [0.29, 0.717) is 18.4 Å². The molecule has 0 radical (unpaired) electrons. The molecule has 0 amide bonds. The summed E-state index contributed by atoms with van der Waals surface area (Å²) in [6.45, 7) is 5.93. The average molecular weight is 248 g/mol. The first-order chi connectivity index (χ1) is 8.74. The van der Waals surface area contributed by atoms with Gasteiger partial charge in [0.1, 0.15) is 0 Å². The topological polar surface area (TPSA) is 29.5 Å². The molecule has 1 heterocycles. The van der Waals surface area contributed by atoms with Crippen molar-refractivity contribution in [1.29, 1.82) is 0 Å². The van der Waals surface area contributed by atoms with E-state index in [9.17, 15) is 5.11 Å². The van der Waals surface area contributed by atoms with E-state index < -0.39 is 0 Å². The van der Waals surface area contributed by atoms with Crippen LogP contribution in [0.4, 0.5) is 0 Å². The second-order valence-electron chi connectivity index (χ2n) is 5.44. The van der Waals surface area contributed by atoms with Gasteiger partial charge in [0.25, 0.3) is 0 Å². The van der Waals surface area contributed by atoms with Gasteiger partial charge in [-0.2, -0.15) is 0 Å². The van der Waals surface area contributed by atoms with E-state index in [1.165, 1.54) is 5.56 Å². The van der Waals surface area contributed by atoms with Crippen LogP contribution in [-0.4, -0.2) is 24.4 Å². The molecule has 4 atom stereocenters. The first-order valence-corrected chi connectivity index (χ1v) is 7.04. The van der Waals surface area contributed by atoms with Crippen molar-refractivity contribution in [2.45, 2.75) is 38.7 Å². The highest BCUT2D eigenvalue weighted by atomic mass is 16.5. The molecule has 100 valence electrons. The SMILES string of the molecule is CCC(C)C(c1ccccc1)C(O)C1CCOC1. The van der Waals surface area contributed by atoms with Gasteiger partial charge in [-0.05, 0) is 17.9 Å². The third kappa shape index (κ3) is 2.93. The van der Waals surface area contributed by atoms with Gasteiger partial charge in [-0.1, -0.05) is 50.6 Å². The zero-order valence-corrected chi connectivity index (χ0v) is 11.4. The minimum absolute atomic E-state index is 0.225. The highest BCUT2D eigenvalue weighted by Crippen LogP contribution is 2.35. The Morgan fingerprint density at radius 1 is 1.33 bits per heavy atom. The molecule has 1 saturated heterocycles. The maximum absolute atomic E-state index is 10.7. The fourth-order valence-electron chi connectivity index (χ4n) is 2.91. The normalized spacial score (nSPS) is 24.7. The summed E-state index contributed by atoms with van der Waals surface area (Å²) < 4.78 is 5.42. The molecule has 1 aliphatic heterocycles. The van der Waals surface area contributed by atoms with E-state index in [1.807, 2.05) is 6.07 Å². The van der Waals surface area contributed by atoms with Crippen molar-refractivity contribution in [2.24, 2.45) is 11.8 Å². The van der Waals surface area contributed by atoms with Crippen LogP contribution in [0, 0.1) is 11.8 Å². The molecule has 2 heteroatoms. The molecule has 18 heavy (non-hydrogen) atoms. The van der Waals surface area contributed by atoms with Gasteiger partial charge >= 0.3 is 0 Å². The zero-order chi connectivity index (χ0) is 13.0. The van der Waals surface area contributed by atoms with Gasteiger partial charge in [0.15, 0.2) is 0 Å². The lowest BCUT2D eigenvalue weighted by atomic mass is 9.77. The van der Waals surface area contributed by atoms with Crippen LogP contribution in [0.5, 0.6) is 0 Å². The van der Waals surface area contributed by atoms with Gasteiger partial charge in [0.2, 0.25) is 0 Å². The van der Waals surface area contributed by atoms with Gasteiger partial charge in [-0.3, -0.25) is 0 Å². The predicted octanol–water partition coefficient (Wildman–Crippen LogP) is 3.21. The Bertz CT molecular complexity index is 343. The number of aliphatic hydroxyl groups excluding tert-OH is 1. The van der Waals surface area contributed by atoms with E-state index >= 15 is 0 Å². The second-order valence-corrected chi connectivity index (χ2v) is 5.44. The summed E-state index contributed by atoms with van der Waals surface area (Å²) in [5, 5.41) is 10.7. The van der Waals surface area contributed by atoms with Crippen LogP contribution in [0.1, 0.15) is 38.2 Å². The molecule has 1 fully saturated rings. The van der Waals surface area contributed by atoms with E-state index in [4.69, 9.17) is 4.74 Å². The van der Waals surface area contributed by atoms with E-state index in [1.54, 1.807) is 0 Å². The number of rotatable bonds is 5. The standard InChI is InChI=1S/C16H24O2/c1-3-12(2)15(13-7-5-4-6-8-13)16(17)14-9-10-18-11-14/h4-8,12,14-17H,3,9-11H2,1-2H3. The molecular weight excluding hydrogens is 224 g/mol. The Morgan fingerprint density at radius 2 is 2.06 bits per heavy atom. The first-order valence-electron chi connectivity index (χ1n) is 7.04. The summed E-state index contributed by atoms with van der Waals surface area (Å²) in [7, 11) is 0. The number of ether oxygens (including phenoxy) is 1. The number of hydrogen-bond donors (Lipinski definition) is 1. The number of benzene rings is 1. The highest BCUT2D eigenvalue weighted by Gasteiger charge is 2.33. The molecule has 4 unspecified atom stereocenters. The predicted molar refractivity (Wildman–Crippen MR) is 73.6 cm³/mol. The Morgan fingerprint density at radius 3 is 2.61 bits per heavy atom. The molecule has 2 nitrogen and oxygen atoms in total. The molecule has 1 aromatic carbocycles. The van der Waals surface area contributed by atoms with Gasteiger partial charge in [-0.15, -0.1) is 0 Å². The third-order valence-corrected chi connectivity index (χ3v) is 4.26. The highest BCUT2D eigenvalue weighted by molar-refractivity contribution is 5.22. The Labute approximate surface area is 110 Å². The van der Waals surface area contributed by atoms with Crippen LogP contribution >= 0.6 is 0 Å². The Kier molecular flexibility index (Phi) is 4.79. The molecule has 0 aromatic heterocycles. The quantitative estimate of drug-likeness (QED) is 0.867. The average Bonchev–Trinajstić information content (AvgIpc) is 2.94. The van der Waals surface area contributed by atoms with Crippen molar-refractivity contribution in [3.63, 3.8) is 0 Å². The minimum atomic E-state index is -0.287. The molecule has 0 aliphatic carbocycles. The van der Waals surface area contributed by atoms with Crippen LogP contribution in [0.15, 0.2) is 30.3 Å². The lowest BCUT2D eigenvalue weighted by Gasteiger charge is -2.31. The molecule has 0 bridgehead atoms. The largest absolute Gasteiger partial charge is 0.392 e. The fraction of sp³-hybridized carbons (Fsp3) is 0.625. The number of hydrogen-bond acceptors (Lipinski definition) is 2. The zero-order valence-electron chi connectivity index (χ0n) is 11.4. The Hall–Kier alpha value is -0.860. The van der Waals surface area contributed by atoms with Gasteiger partial charge in [0, 0.05) is 18.4 Å². The van der Waals surface area contributed by atoms with Crippen LogP contribution < -0.4 is 0 Å². The Balaban J connectivity index is 2.19. The number of aliphatic hydroxyl groups is 1. The van der Waals surface area contributed by atoms with Crippen LogP contribution in [-0.2, 0) is 4.74 Å².